The highest BCUT2D eigenvalue weighted by Gasteiger charge is 2.34. The van der Waals surface area contributed by atoms with Crippen LogP contribution in [0.2, 0.25) is 0 Å². The molecule has 2 atom stereocenters. The summed E-state index contributed by atoms with van der Waals surface area (Å²) in [5.74, 6) is -0.291. The lowest BCUT2D eigenvalue weighted by molar-refractivity contribution is 0.150. The molecule has 3 aromatic heterocycles. The molecule has 0 aliphatic carbocycles. The van der Waals surface area contributed by atoms with E-state index < -0.39 is 5.56 Å². The number of nitrogens with zero attached hydrogens (tertiary/aromatic N) is 7. The minimum atomic E-state index is -0.395. The maximum atomic E-state index is 13.7. The van der Waals surface area contributed by atoms with Gasteiger partial charge in [0.15, 0.2) is 0 Å². The molecule has 1 aliphatic heterocycles. The van der Waals surface area contributed by atoms with E-state index in [1.165, 1.54) is 16.7 Å². The molecule has 10 heteroatoms. The summed E-state index contributed by atoms with van der Waals surface area (Å²) in [4.78, 5) is 26.4. The Labute approximate surface area is 211 Å². The fourth-order valence-electron chi connectivity index (χ4n) is 4.91. The topological polar surface area (TPSA) is 102 Å². The van der Waals surface area contributed by atoms with Crippen molar-refractivity contribution in [2.75, 3.05) is 24.5 Å². The van der Waals surface area contributed by atoms with E-state index in [9.17, 15) is 19.7 Å². The SMILES string of the molecule is C[C@@H]1CN(c2c(C#N)c(=O)n(C)c3ccc(C#N)nc23)CCN1C(c1ccc(F)cc1)c1nccs1. The van der Waals surface area contributed by atoms with Crippen LogP contribution in [0.1, 0.15) is 34.8 Å². The molecule has 4 heterocycles. The molecule has 0 amide bonds. The molecule has 1 fully saturated rings. The molecular weight excluding hydrogens is 477 g/mol. The number of hydrogen-bond acceptors (Lipinski definition) is 8. The number of pyridine rings is 2. The molecule has 180 valence electrons. The normalized spacial score (nSPS) is 17.0. The van der Waals surface area contributed by atoms with Gasteiger partial charge in [-0.15, -0.1) is 11.3 Å². The van der Waals surface area contributed by atoms with Gasteiger partial charge in [-0.2, -0.15) is 10.5 Å². The van der Waals surface area contributed by atoms with Crippen LogP contribution in [-0.2, 0) is 7.05 Å². The number of fused-ring (bicyclic) bond motifs is 1. The van der Waals surface area contributed by atoms with Gasteiger partial charge >= 0.3 is 0 Å². The Balaban J connectivity index is 1.56. The van der Waals surface area contributed by atoms with Crippen LogP contribution >= 0.6 is 11.3 Å². The Bertz CT molecular complexity index is 1570. The molecule has 0 spiro atoms. The molecule has 0 N–H and O–H groups in total. The first-order valence-corrected chi connectivity index (χ1v) is 12.3. The van der Waals surface area contributed by atoms with Gasteiger partial charge < -0.3 is 9.47 Å². The van der Waals surface area contributed by atoms with Gasteiger partial charge in [-0.1, -0.05) is 12.1 Å². The predicted molar refractivity (Wildman–Crippen MR) is 135 cm³/mol. The van der Waals surface area contributed by atoms with Crippen LogP contribution in [-0.4, -0.2) is 45.1 Å². The number of piperazine rings is 1. The second-order valence-corrected chi connectivity index (χ2v) is 9.66. The van der Waals surface area contributed by atoms with E-state index in [4.69, 9.17) is 0 Å². The monoisotopic (exact) mass is 499 g/mol. The first-order chi connectivity index (χ1) is 17.4. The summed E-state index contributed by atoms with van der Waals surface area (Å²) >= 11 is 1.55. The first-order valence-electron chi connectivity index (χ1n) is 11.4. The van der Waals surface area contributed by atoms with E-state index in [1.807, 2.05) is 16.3 Å². The molecule has 4 aromatic rings. The lowest BCUT2D eigenvalue weighted by Crippen LogP contribution is -2.53. The van der Waals surface area contributed by atoms with E-state index >= 15 is 0 Å². The summed E-state index contributed by atoms with van der Waals surface area (Å²) in [6.07, 6.45) is 1.76. The zero-order valence-electron chi connectivity index (χ0n) is 19.7. The summed E-state index contributed by atoms with van der Waals surface area (Å²) in [5.41, 5.74) is 2.28. The second kappa shape index (κ2) is 9.50. The van der Waals surface area contributed by atoms with E-state index in [1.54, 1.807) is 48.8 Å². The van der Waals surface area contributed by atoms with Crippen molar-refractivity contribution in [1.29, 1.82) is 10.5 Å². The maximum Gasteiger partial charge on any atom is 0.270 e. The third-order valence-corrected chi connectivity index (χ3v) is 7.47. The van der Waals surface area contributed by atoms with Gasteiger partial charge in [0.2, 0.25) is 0 Å². The lowest BCUT2D eigenvalue weighted by Gasteiger charge is -2.44. The smallest absolute Gasteiger partial charge is 0.270 e. The molecule has 8 nitrogen and oxygen atoms in total. The zero-order valence-corrected chi connectivity index (χ0v) is 20.5. The number of benzene rings is 1. The summed E-state index contributed by atoms with van der Waals surface area (Å²) < 4.78 is 15.1. The Kier molecular flexibility index (Phi) is 6.23. The van der Waals surface area contributed by atoms with Crippen LogP contribution in [0.3, 0.4) is 0 Å². The Hall–Kier alpha value is -4.12. The highest BCUT2D eigenvalue weighted by Crippen LogP contribution is 2.35. The summed E-state index contributed by atoms with van der Waals surface area (Å²) in [7, 11) is 1.60. The van der Waals surface area contributed by atoms with Crippen LogP contribution in [0.5, 0.6) is 0 Å². The van der Waals surface area contributed by atoms with E-state index in [0.29, 0.717) is 36.4 Å². The van der Waals surface area contributed by atoms with Crippen LogP contribution in [0.15, 0.2) is 52.8 Å². The van der Waals surface area contributed by atoms with Gasteiger partial charge in [0.1, 0.15) is 39.7 Å². The lowest BCUT2D eigenvalue weighted by atomic mass is 10.0. The summed E-state index contributed by atoms with van der Waals surface area (Å²) in [5, 5.41) is 22.2. The Morgan fingerprint density at radius 2 is 1.92 bits per heavy atom. The van der Waals surface area contributed by atoms with Gasteiger partial charge in [0, 0.05) is 44.3 Å². The number of nitriles is 2. The third kappa shape index (κ3) is 4.01. The second-order valence-electron chi connectivity index (χ2n) is 8.73. The molecule has 0 bridgehead atoms. The van der Waals surface area contributed by atoms with Gasteiger partial charge in [0.25, 0.3) is 5.56 Å². The maximum absolute atomic E-state index is 13.7. The number of anilines is 1. The highest BCUT2D eigenvalue weighted by molar-refractivity contribution is 7.09. The molecule has 1 unspecified atom stereocenters. The zero-order chi connectivity index (χ0) is 25.4. The van der Waals surface area contributed by atoms with Crippen molar-refractivity contribution in [3.05, 3.63) is 86.0 Å². The van der Waals surface area contributed by atoms with Gasteiger partial charge in [-0.25, -0.2) is 14.4 Å². The number of aromatic nitrogens is 3. The highest BCUT2D eigenvalue weighted by atomic mass is 32.1. The Morgan fingerprint density at radius 3 is 2.56 bits per heavy atom. The van der Waals surface area contributed by atoms with E-state index in [-0.39, 0.29) is 29.2 Å². The molecule has 0 radical (unpaired) electrons. The van der Waals surface area contributed by atoms with Crippen LogP contribution in [0.4, 0.5) is 10.1 Å². The predicted octanol–water partition coefficient (Wildman–Crippen LogP) is 3.57. The van der Waals surface area contributed by atoms with Crippen LogP contribution in [0.25, 0.3) is 11.0 Å². The van der Waals surface area contributed by atoms with Gasteiger partial charge in [-0.3, -0.25) is 9.69 Å². The fourth-order valence-corrected chi connectivity index (χ4v) is 5.70. The molecule has 0 saturated carbocycles. The molecular formula is C26H22FN7OS. The number of thiazole rings is 1. The molecule has 5 rings (SSSR count). The number of hydrogen-bond donors (Lipinski definition) is 0. The quantitative estimate of drug-likeness (QED) is 0.423. The summed E-state index contributed by atoms with van der Waals surface area (Å²) in [6.45, 7) is 3.75. The Morgan fingerprint density at radius 1 is 1.14 bits per heavy atom. The first kappa shape index (κ1) is 23.6. The minimum Gasteiger partial charge on any atom is -0.366 e. The third-order valence-electron chi connectivity index (χ3n) is 6.64. The van der Waals surface area contributed by atoms with E-state index in [0.717, 1.165) is 10.6 Å². The number of rotatable bonds is 4. The largest absolute Gasteiger partial charge is 0.366 e. The minimum absolute atomic E-state index is 0.00232. The standard InChI is InChI=1S/C26H22FN7OS/c1-16-15-33(24-20(14-29)26(35)32(2)21-8-7-19(13-28)31-22(21)24)10-11-34(16)23(25-30-9-12-36-25)17-3-5-18(27)6-4-17/h3-9,12,16,23H,10-11,15H2,1-2H3/t16-,23?/m1/s1. The van der Waals surface area contributed by atoms with E-state index in [2.05, 4.69) is 27.9 Å². The van der Waals surface area contributed by atoms with Crippen LogP contribution in [0, 0.1) is 28.5 Å². The van der Waals surface area contributed by atoms with Gasteiger partial charge in [0.05, 0.1) is 17.2 Å². The summed E-state index contributed by atoms with van der Waals surface area (Å²) in [6, 6.07) is 13.7. The van der Waals surface area contributed by atoms with Crippen molar-refractivity contribution in [1.82, 2.24) is 19.4 Å². The molecule has 1 aromatic carbocycles. The average molecular weight is 500 g/mol. The van der Waals surface area contributed by atoms with Crippen molar-refractivity contribution >= 4 is 28.1 Å². The molecule has 1 saturated heterocycles. The molecule has 1 aliphatic rings. The van der Waals surface area contributed by atoms with Crippen molar-refractivity contribution in [3.63, 3.8) is 0 Å². The fraction of sp³-hybridized carbons (Fsp3) is 0.269. The van der Waals surface area contributed by atoms with Crippen LogP contribution < -0.4 is 10.5 Å². The molecule has 36 heavy (non-hydrogen) atoms. The van der Waals surface area contributed by atoms with Crippen molar-refractivity contribution in [2.24, 2.45) is 7.05 Å². The van der Waals surface area contributed by atoms with Crippen molar-refractivity contribution < 1.29 is 4.39 Å². The number of halogens is 1. The number of aryl methyl sites for hydroxylation is 1. The van der Waals surface area contributed by atoms with Gasteiger partial charge in [-0.05, 0) is 36.8 Å². The van der Waals surface area contributed by atoms with Crippen molar-refractivity contribution in [2.45, 2.75) is 19.0 Å². The van der Waals surface area contributed by atoms with Crippen molar-refractivity contribution in [3.8, 4) is 12.1 Å². The average Bonchev–Trinajstić information content (AvgIpc) is 3.42.